The molecular formula is C12H12N2O2S. The number of rotatable bonds is 4. The Morgan fingerprint density at radius 1 is 1.41 bits per heavy atom. The molecule has 1 aromatic heterocycles. The Labute approximate surface area is 103 Å². The van der Waals surface area contributed by atoms with Crippen LogP contribution in [0.15, 0.2) is 41.6 Å². The summed E-state index contributed by atoms with van der Waals surface area (Å²) < 4.78 is 1.62. The van der Waals surface area contributed by atoms with Gasteiger partial charge >= 0.3 is 5.97 Å². The van der Waals surface area contributed by atoms with Crippen molar-refractivity contribution in [1.82, 2.24) is 9.78 Å². The van der Waals surface area contributed by atoms with Gasteiger partial charge in [-0.1, -0.05) is 12.1 Å². The third kappa shape index (κ3) is 2.88. The predicted octanol–water partition coefficient (Wildman–Crippen LogP) is 2.35. The second kappa shape index (κ2) is 5.05. The van der Waals surface area contributed by atoms with E-state index in [2.05, 4.69) is 5.10 Å². The van der Waals surface area contributed by atoms with Crippen molar-refractivity contribution in [3.8, 4) is 0 Å². The third-order valence-electron chi connectivity index (χ3n) is 2.38. The molecule has 0 saturated carbocycles. The van der Waals surface area contributed by atoms with Crippen LogP contribution in [-0.4, -0.2) is 27.1 Å². The second-order valence-electron chi connectivity index (χ2n) is 3.58. The molecule has 1 N–H and O–H groups in total. The lowest BCUT2D eigenvalue weighted by molar-refractivity contribution is 0.0697. The maximum absolute atomic E-state index is 10.7. The van der Waals surface area contributed by atoms with Gasteiger partial charge in [0, 0.05) is 11.1 Å². The molecule has 1 aromatic carbocycles. The molecule has 2 rings (SSSR count). The summed E-state index contributed by atoms with van der Waals surface area (Å²) >= 11 is 1.69. The number of hydrogen-bond donors (Lipinski definition) is 1. The summed E-state index contributed by atoms with van der Waals surface area (Å²) in [4.78, 5) is 11.9. The van der Waals surface area contributed by atoms with E-state index in [4.69, 9.17) is 5.11 Å². The minimum atomic E-state index is -0.950. The molecule has 0 aliphatic carbocycles. The first kappa shape index (κ1) is 11.7. The van der Waals surface area contributed by atoms with Gasteiger partial charge in [-0.2, -0.15) is 5.10 Å². The summed E-state index contributed by atoms with van der Waals surface area (Å²) in [5.41, 5.74) is 1.31. The molecule has 17 heavy (non-hydrogen) atoms. The zero-order chi connectivity index (χ0) is 12.3. The molecule has 0 saturated heterocycles. The molecule has 88 valence electrons. The van der Waals surface area contributed by atoms with Crippen LogP contribution in [0.1, 0.15) is 15.9 Å². The van der Waals surface area contributed by atoms with Gasteiger partial charge in [-0.3, -0.25) is 4.68 Å². The molecule has 4 nitrogen and oxygen atoms in total. The van der Waals surface area contributed by atoms with E-state index < -0.39 is 5.97 Å². The van der Waals surface area contributed by atoms with Crippen LogP contribution in [0.5, 0.6) is 0 Å². The van der Waals surface area contributed by atoms with Crippen molar-refractivity contribution in [2.24, 2.45) is 0 Å². The number of hydrogen-bond acceptors (Lipinski definition) is 3. The molecule has 0 atom stereocenters. The van der Waals surface area contributed by atoms with Gasteiger partial charge in [0.2, 0.25) is 0 Å². The Kier molecular flexibility index (Phi) is 3.49. The fraction of sp³-hybridized carbons (Fsp3) is 0.167. The number of carboxylic acid groups (broad SMARTS) is 1. The van der Waals surface area contributed by atoms with E-state index in [0.29, 0.717) is 6.54 Å². The van der Waals surface area contributed by atoms with E-state index in [-0.39, 0.29) is 5.56 Å². The topological polar surface area (TPSA) is 55.1 Å². The third-order valence-corrected chi connectivity index (χ3v) is 3.13. The molecule has 0 aliphatic heterocycles. The quantitative estimate of drug-likeness (QED) is 0.844. The van der Waals surface area contributed by atoms with Gasteiger partial charge < -0.3 is 5.11 Å². The largest absolute Gasteiger partial charge is 0.478 e. The first-order valence-corrected chi connectivity index (χ1v) is 6.30. The van der Waals surface area contributed by atoms with Gasteiger partial charge in [0.25, 0.3) is 0 Å². The van der Waals surface area contributed by atoms with Crippen LogP contribution in [0.3, 0.4) is 0 Å². The van der Waals surface area contributed by atoms with Crippen molar-refractivity contribution < 1.29 is 9.90 Å². The van der Waals surface area contributed by atoms with Crippen molar-refractivity contribution >= 4 is 17.7 Å². The Hall–Kier alpha value is -1.75. The molecule has 0 amide bonds. The lowest BCUT2D eigenvalue weighted by Crippen LogP contribution is -2.00. The highest BCUT2D eigenvalue weighted by Gasteiger charge is 2.05. The van der Waals surface area contributed by atoms with Gasteiger partial charge in [0.15, 0.2) is 0 Å². The Balaban J connectivity index is 2.11. The van der Waals surface area contributed by atoms with Crippen molar-refractivity contribution in [1.29, 1.82) is 0 Å². The number of nitrogens with zero attached hydrogens (tertiary/aromatic N) is 2. The summed E-state index contributed by atoms with van der Waals surface area (Å²) in [6.45, 7) is 0.585. The van der Waals surface area contributed by atoms with Crippen LogP contribution in [0, 0.1) is 0 Å². The lowest BCUT2D eigenvalue weighted by Gasteiger charge is -2.02. The van der Waals surface area contributed by atoms with Gasteiger partial charge in [-0.15, -0.1) is 11.8 Å². The number of aromatic nitrogens is 2. The highest BCUT2D eigenvalue weighted by molar-refractivity contribution is 7.98. The monoisotopic (exact) mass is 248 g/mol. The molecule has 0 unspecified atom stereocenters. The zero-order valence-electron chi connectivity index (χ0n) is 9.33. The standard InChI is InChI=1S/C12H12N2O2S/c1-17-11-4-2-9(3-5-11)7-14-8-10(6-13-14)12(15)16/h2-6,8H,7H2,1H3,(H,15,16). The van der Waals surface area contributed by atoms with Crippen LogP contribution < -0.4 is 0 Å². The maximum atomic E-state index is 10.7. The van der Waals surface area contributed by atoms with Crippen molar-refractivity contribution in [3.63, 3.8) is 0 Å². The Morgan fingerprint density at radius 3 is 2.65 bits per heavy atom. The predicted molar refractivity (Wildman–Crippen MR) is 66.5 cm³/mol. The number of benzene rings is 1. The summed E-state index contributed by atoms with van der Waals surface area (Å²) in [6, 6.07) is 8.13. The van der Waals surface area contributed by atoms with Crippen LogP contribution in [0.4, 0.5) is 0 Å². The fourth-order valence-electron chi connectivity index (χ4n) is 1.48. The van der Waals surface area contributed by atoms with E-state index in [1.807, 2.05) is 30.5 Å². The van der Waals surface area contributed by atoms with Gasteiger partial charge in [-0.25, -0.2) is 4.79 Å². The zero-order valence-corrected chi connectivity index (χ0v) is 10.1. The first-order chi connectivity index (χ1) is 8.19. The van der Waals surface area contributed by atoms with Gasteiger partial charge in [-0.05, 0) is 24.0 Å². The van der Waals surface area contributed by atoms with E-state index in [1.165, 1.54) is 17.3 Å². The SMILES string of the molecule is CSc1ccc(Cn2cc(C(=O)O)cn2)cc1. The van der Waals surface area contributed by atoms with Crippen LogP contribution in [0.2, 0.25) is 0 Å². The molecule has 0 aliphatic rings. The number of aromatic carboxylic acids is 1. The molecular weight excluding hydrogens is 236 g/mol. The minimum absolute atomic E-state index is 0.214. The fourth-order valence-corrected chi connectivity index (χ4v) is 1.89. The van der Waals surface area contributed by atoms with Crippen LogP contribution >= 0.6 is 11.8 Å². The average molecular weight is 248 g/mol. The minimum Gasteiger partial charge on any atom is -0.478 e. The Morgan fingerprint density at radius 2 is 2.12 bits per heavy atom. The van der Waals surface area contributed by atoms with Crippen molar-refractivity contribution in [2.75, 3.05) is 6.26 Å². The summed E-state index contributed by atoms with van der Waals surface area (Å²) in [6.07, 6.45) is 4.92. The second-order valence-corrected chi connectivity index (χ2v) is 4.46. The highest BCUT2D eigenvalue weighted by atomic mass is 32.2. The molecule has 0 bridgehead atoms. The van der Waals surface area contributed by atoms with E-state index in [1.54, 1.807) is 16.4 Å². The van der Waals surface area contributed by atoms with Gasteiger partial charge in [0.1, 0.15) is 0 Å². The summed E-state index contributed by atoms with van der Waals surface area (Å²) in [7, 11) is 0. The number of carbonyl (C=O) groups is 1. The van der Waals surface area contributed by atoms with E-state index in [0.717, 1.165) is 5.56 Å². The highest BCUT2D eigenvalue weighted by Crippen LogP contribution is 2.15. The molecule has 0 fully saturated rings. The van der Waals surface area contributed by atoms with Crippen molar-refractivity contribution in [3.05, 3.63) is 47.8 Å². The van der Waals surface area contributed by atoms with Crippen molar-refractivity contribution in [2.45, 2.75) is 11.4 Å². The smallest absolute Gasteiger partial charge is 0.338 e. The normalized spacial score (nSPS) is 10.4. The number of carboxylic acids is 1. The molecule has 0 spiro atoms. The average Bonchev–Trinajstić information content (AvgIpc) is 2.79. The maximum Gasteiger partial charge on any atom is 0.338 e. The molecule has 1 heterocycles. The molecule has 2 aromatic rings. The first-order valence-electron chi connectivity index (χ1n) is 5.07. The number of thioether (sulfide) groups is 1. The van der Waals surface area contributed by atoms with Crippen LogP contribution in [-0.2, 0) is 6.54 Å². The molecule has 5 heteroatoms. The van der Waals surface area contributed by atoms with Gasteiger partial charge in [0.05, 0.1) is 18.3 Å². The summed E-state index contributed by atoms with van der Waals surface area (Å²) in [5, 5.41) is 12.8. The van der Waals surface area contributed by atoms with E-state index >= 15 is 0 Å². The van der Waals surface area contributed by atoms with Crippen LogP contribution in [0.25, 0.3) is 0 Å². The lowest BCUT2D eigenvalue weighted by atomic mass is 10.2. The van der Waals surface area contributed by atoms with E-state index in [9.17, 15) is 4.79 Å². The molecule has 0 radical (unpaired) electrons. The Bertz CT molecular complexity index is 520. The summed E-state index contributed by atoms with van der Waals surface area (Å²) in [5.74, 6) is -0.950.